The Balaban J connectivity index is 0.00000288. The average Bonchev–Trinajstić information content (AvgIpc) is 3.38. The Morgan fingerprint density at radius 3 is 2.75 bits per heavy atom. The van der Waals surface area contributed by atoms with Crippen molar-refractivity contribution in [1.82, 2.24) is 10.6 Å². The van der Waals surface area contributed by atoms with Gasteiger partial charge >= 0.3 is 0 Å². The second kappa shape index (κ2) is 11.9. The molecule has 0 unspecified atom stereocenters. The first-order valence-electron chi connectivity index (χ1n) is 8.07. The molecule has 1 aliphatic carbocycles. The Morgan fingerprint density at radius 2 is 2.12 bits per heavy atom. The highest BCUT2D eigenvalue weighted by molar-refractivity contribution is 14.0. The van der Waals surface area contributed by atoms with E-state index in [9.17, 15) is 0 Å². The van der Waals surface area contributed by atoms with Crippen LogP contribution >= 0.6 is 39.9 Å². The molecule has 1 aliphatic rings. The monoisotopic (exact) mass is 511 g/mol. The standard InChI is InChI=1S/C17H26BrN3O2.HI/c1-19-17(20-8-3-9-23-12-13-4-5-13)21-11-14-6-7-16(22-2)15(18)10-14;/h6-7,10,13H,3-5,8-9,11-12H2,1-2H3,(H2,19,20,21);1H. The van der Waals surface area contributed by atoms with Crippen LogP contribution in [0.25, 0.3) is 0 Å². The molecule has 0 spiro atoms. The smallest absolute Gasteiger partial charge is 0.191 e. The van der Waals surface area contributed by atoms with E-state index < -0.39 is 0 Å². The molecule has 0 radical (unpaired) electrons. The highest BCUT2D eigenvalue weighted by Gasteiger charge is 2.20. The van der Waals surface area contributed by atoms with Gasteiger partial charge in [0.05, 0.1) is 11.6 Å². The largest absolute Gasteiger partial charge is 0.496 e. The molecule has 1 aromatic carbocycles. The predicted molar refractivity (Wildman–Crippen MR) is 112 cm³/mol. The fourth-order valence-electron chi connectivity index (χ4n) is 2.14. The molecule has 2 N–H and O–H groups in total. The van der Waals surface area contributed by atoms with Crippen molar-refractivity contribution in [1.29, 1.82) is 0 Å². The van der Waals surface area contributed by atoms with E-state index >= 15 is 0 Å². The molecule has 0 saturated heterocycles. The first-order valence-corrected chi connectivity index (χ1v) is 8.87. The predicted octanol–water partition coefficient (Wildman–Crippen LogP) is 3.56. The number of ether oxygens (including phenoxy) is 2. The molecule has 0 amide bonds. The fraction of sp³-hybridized carbons (Fsp3) is 0.588. The third-order valence-electron chi connectivity index (χ3n) is 3.71. The summed E-state index contributed by atoms with van der Waals surface area (Å²) in [7, 11) is 3.45. The van der Waals surface area contributed by atoms with Crippen molar-refractivity contribution in [3.63, 3.8) is 0 Å². The summed E-state index contributed by atoms with van der Waals surface area (Å²) in [6.45, 7) is 3.31. The van der Waals surface area contributed by atoms with E-state index in [1.165, 1.54) is 12.8 Å². The summed E-state index contributed by atoms with van der Waals surface area (Å²) in [5.41, 5.74) is 1.16. The van der Waals surface area contributed by atoms with Crippen LogP contribution in [0.1, 0.15) is 24.8 Å². The molecular weight excluding hydrogens is 485 g/mol. The minimum Gasteiger partial charge on any atom is -0.496 e. The van der Waals surface area contributed by atoms with E-state index in [1.54, 1.807) is 14.2 Å². The van der Waals surface area contributed by atoms with Crippen LogP contribution in [0.15, 0.2) is 27.7 Å². The average molecular weight is 512 g/mol. The first kappa shape index (κ1) is 21.5. The lowest BCUT2D eigenvalue weighted by Crippen LogP contribution is -2.37. The SMILES string of the molecule is CN=C(NCCCOCC1CC1)NCc1ccc(OC)c(Br)c1.I. The summed E-state index contributed by atoms with van der Waals surface area (Å²) in [4.78, 5) is 4.23. The lowest BCUT2D eigenvalue weighted by molar-refractivity contribution is 0.123. The Hall–Kier alpha value is -0.540. The maximum Gasteiger partial charge on any atom is 0.191 e. The van der Waals surface area contributed by atoms with Gasteiger partial charge in [0, 0.05) is 33.4 Å². The number of nitrogens with one attached hydrogen (secondary N) is 2. The highest BCUT2D eigenvalue weighted by atomic mass is 127. The highest BCUT2D eigenvalue weighted by Crippen LogP contribution is 2.28. The Kier molecular flexibility index (Phi) is 10.7. The zero-order valence-electron chi connectivity index (χ0n) is 14.3. The molecule has 136 valence electrons. The van der Waals surface area contributed by atoms with Gasteiger partial charge in [-0.15, -0.1) is 24.0 Å². The third-order valence-corrected chi connectivity index (χ3v) is 4.33. The van der Waals surface area contributed by atoms with Gasteiger partial charge in [-0.05, 0) is 58.8 Å². The summed E-state index contributed by atoms with van der Waals surface area (Å²) in [5, 5.41) is 6.61. The maximum atomic E-state index is 5.62. The maximum absolute atomic E-state index is 5.62. The van der Waals surface area contributed by atoms with Crippen LogP contribution in [0.5, 0.6) is 5.75 Å². The van der Waals surface area contributed by atoms with Crippen molar-refractivity contribution in [2.24, 2.45) is 10.9 Å². The van der Waals surface area contributed by atoms with Crippen molar-refractivity contribution in [2.75, 3.05) is 33.9 Å². The van der Waals surface area contributed by atoms with Gasteiger partial charge in [-0.2, -0.15) is 0 Å². The fourth-order valence-corrected chi connectivity index (χ4v) is 2.73. The molecular formula is C17H27BrIN3O2. The number of benzene rings is 1. The molecule has 0 heterocycles. The van der Waals surface area contributed by atoms with E-state index in [4.69, 9.17) is 9.47 Å². The van der Waals surface area contributed by atoms with Crippen LogP contribution in [0.3, 0.4) is 0 Å². The molecule has 0 aliphatic heterocycles. The van der Waals surface area contributed by atoms with Crippen LogP contribution in [-0.2, 0) is 11.3 Å². The van der Waals surface area contributed by atoms with E-state index in [1.807, 2.05) is 18.2 Å². The third kappa shape index (κ3) is 8.02. The van der Waals surface area contributed by atoms with Gasteiger partial charge in [-0.3, -0.25) is 4.99 Å². The molecule has 0 bridgehead atoms. The van der Waals surface area contributed by atoms with E-state index in [0.29, 0.717) is 6.54 Å². The second-order valence-electron chi connectivity index (χ2n) is 5.69. The number of hydrogen-bond donors (Lipinski definition) is 2. The molecule has 0 atom stereocenters. The minimum absolute atomic E-state index is 0. The molecule has 2 rings (SSSR count). The van der Waals surface area contributed by atoms with Gasteiger partial charge in [-0.1, -0.05) is 6.07 Å². The van der Waals surface area contributed by atoms with Crippen molar-refractivity contribution in [3.8, 4) is 5.75 Å². The van der Waals surface area contributed by atoms with Crippen molar-refractivity contribution in [3.05, 3.63) is 28.2 Å². The number of methoxy groups -OCH3 is 1. The van der Waals surface area contributed by atoms with Crippen LogP contribution < -0.4 is 15.4 Å². The normalized spacial score (nSPS) is 14.0. The van der Waals surface area contributed by atoms with Gasteiger partial charge in [0.1, 0.15) is 5.75 Å². The number of guanidine groups is 1. The summed E-state index contributed by atoms with van der Waals surface area (Å²) >= 11 is 3.50. The van der Waals surface area contributed by atoms with Gasteiger partial charge in [0.2, 0.25) is 0 Å². The summed E-state index contributed by atoms with van der Waals surface area (Å²) < 4.78 is 11.8. The lowest BCUT2D eigenvalue weighted by atomic mass is 10.2. The van der Waals surface area contributed by atoms with Crippen LogP contribution in [-0.4, -0.2) is 39.9 Å². The number of rotatable bonds is 9. The Morgan fingerprint density at radius 1 is 1.33 bits per heavy atom. The molecule has 1 saturated carbocycles. The number of nitrogens with zero attached hydrogens (tertiary/aromatic N) is 1. The topological polar surface area (TPSA) is 54.9 Å². The van der Waals surface area contributed by atoms with Crippen LogP contribution in [0.4, 0.5) is 0 Å². The summed E-state index contributed by atoms with van der Waals surface area (Å²) in [6, 6.07) is 6.04. The first-order chi connectivity index (χ1) is 11.2. The summed E-state index contributed by atoms with van der Waals surface area (Å²) in [6.07, 6.45) is 3.67. The van der Waals surface area contributed by atoms with Crippen LogP contribution in [0.2, 0.25) is 0 Å². The second-order valence-corrected chi connectivity index (χ2v) is 6.55. The molecule has 1 fully saturated rings. The number of hydrogen-bond acceptors (Lipinski definition) is 3. The van der Waals surface area contributed by atoms with Crippen LogP contribution in [0, 0.1) is 5.92 Å². The van der Waals surface area contributed by atoms with Gasteiger partial charge in [0.25, 0.3) is 0 Å². The Bertz CT molecular complexity index is 525. The van der Waals surface area contributed by atoms with Crippen molar-refractivity contribution < 1.29 is 9.47 Å². The minimum atomic E-state index is 0. The van der Waals surface area contributed by atoms with Crippen molar-refractivity contribution >= 4 is 45.9 Å². The molecule has 7 heteroatoms. The lowest BCUT2D eigenvalue weighted by Gasteiger charge is -2.13. The van der Waals surface area contributed by atoms with E-state index in [-0.39, 0.29) is 24.0 Å². The van der Waals surface area contributed by atoms with E-state index in [0.717, 1.165) is 53.8 Å². The number of aliphatic imine (C=N–C) groups is 1. The zero-order valence-corrected chi connectivity index (χ0v) is 18.2. The zero-order chi connectivity index (χ0) is 16.5. The molecule has 5 nitrogen and oxygen atoms in total. The molecule has 1 aromatic rings. The molecule has 24 heavy (non-hydrogen) atoms. The van der Waals surface area contributed by atoms with E-state index in [2.05, 4.69) is 31.6 Å². The van der Waals surface area contributed by atoms with Crippen molar-refractivity contribution in [2.45, 2.75) is 25.8 Å². The van der Waals surface area contributed by atoms with Gasteiger partial charge < -0.3 is 20.1 Å². The number of halogens is 2. The van der Waals surface area contributed by atoms with Gasteiger partial charge in [0.15, 0.2) is 5.96 Å². The molecule has 0 aromatic heterocycles. The Labute approximate surface area is 170 Å². The summed E-state index contributed by atoms with van der Waals surface area (Å²) in [5.74, 6) is 2.47. The van der Waals surface area contributed by atoms with Gasteiger partial charge in [-0.25, -0.2) is 0 Å². The quantitative estimate of drug-likeness (QED) is 0.230.